The van der Waals surface area contributed by atoms with Gasteiger partial charge in [-0.1, -0.05) is 39.0 Å². The Labute approximate surface area is 208 Å². The van der Waals surface area contributed by atoms with E-state index in [2.05, 4.69) is 116 Å². The molecule has 3 nitrogen and oxygen atoms in total. The Morgan fingerprint density at radius 3 is 2.53 bits per heavy atom. The Morgan fingerprint density at radius 1 is 1.22 bits per heavy atom. The molecule has 32 heavy (non-hydrogen) atoms. The Hall–Kier alpha value is -0.923. The normalized spacial score (nSPS) is 22.0. The van der Waals surface area contributed by atoms with Crippen LogP contribution >= 0.6 is 27.3 Å². The van der Waals surface area contributed by atoms with E-state index in [0.29, 0.717) is 12.1 Å². The van der Waals surface area contributed by atoms with Crippen molar-refractivity contribution < 1.29 is 4.43 Å². The highest BCUT2D eigenvalue weighted by molar-refractivity contribution is 9.10. The Morgan fingerprint density at radius 2 is 1.94 bits per heavy atom. The zero-order valence-corrected chi connectivity index (χ0v) is 24.1. The van der Waals surface area contributed by atoms with Gasteiger partial charge in [-0.25, -0.2) is 0 Å². The van der Waals surface area contributed by atoms with Crippen LogP contribution in [0, 0.1) is 0 Å². The average molecular weight is 536 g/mol. The van der Waals surface area contributed by atoms with E-state index in [1.54, 1.807) is 0 Å². The third-order valence-corrected chi connectivity index (χ3v) is 13.2. The molecule has 0 amide bonds. The summed E-state index contributed by atoms with van der Waals surface area (Å²) in [5.74, 6) is 1.00. The molecule has 2 heterocycles. The third kappa shape index (κ3) is 5.76. The molecule has 2 aromatic rings. The summed E-state index contributed by atoms with van der Waals surface area (Å²) in [6.07, 6.45) is 2.02. The van der Waals surface area contributed by atoms with Gasteiger partial charge in [0.1, 0.15) is 5.75 Å². The van der Waals surface area contributed by atoms with Crippen LogP contribution in [0.2, 0.25) is 18.1 Å². The molecule has 0 radical (unpaired) electrons. The minimum atomic E-state index is -1.90. The van der Waals surface area contributed by atoms with Gasteiger partial charge in [-0.15, -0.1) is 17.9 Å². The van der Waals surface area contributed by atoms with Gasteiger partial charge in [0.25, 0.3) is 0 Å². The number of halogens is 1. The largest absolute Gasteiger partial charge is 0.543 e. The molecule has 3 atom stereocenters. The van der Waals surface area contributed by atoms with Crippen molar-refractivity contribution in [2.75, 3.05) is 19.6 Å². The Bertz CT molecular complexity index is 923. The monoisotopic (exact) mass is 534 g/mol. The van der Waals surface area contributed by atoms with Crippen molar-refractivity contribution in [3.63, 3.8) is 0 Å². The highest BCUT2D eigenvalue weighted by atomic mass is 79.9. The van der Waals surface area contributed by atoms with Crippen molar-refractivity contribution in [2.45, 2.75) is 70.9 Å². The lowest BCUT2D eigenvalue weighted by atomic mass is 9.98. The van der Waals surface area contributed by atoms with E-state index < -0.39 is 8.32 Å². The molecule has 3 rings (SSSR count). The maximum Gasteiger partial charge on any atom is 0.250 e. The number of hydrogen-bond donors (Lipinski definition) is 0. The molecule has 0 unspecified atom stereocenters. The molecule has 1 aliphatic rings. The van der Waals surface area contributed by atoms with Crippen LogP contribution in [0.4, 0.5) is 0 Å². The number of hydrogen-bond acceptors (Lipinski definition) is 4. The lowest BCUT2D eigenvalue weighted by Gasteiger charge is -2.47. The molecule has 1 aliphatic heterocycles. The van der Waals surface area contributed by atoms with E-state index in [1.165, 1.54) is 10.4 Å². The molecule has 0 bridgehead atoms. The van der Waals surface area contributed by atoms with E-state index in [9.17, 15) is 0 Å². The summed E-state index contributed by atoms with van der Waals surface area (Å²) in [5, 5.41) is 2.37. The summed E-state index contributed by atoms with van der Waals surface area (Å²) < 4.78 is 7.83. The molecular formula is C26H39BrN2OSSi. The Balaban J connectivity index is 1.97. The topological polar surface area (TPSA) is 15.7 Å². The summed E-state index contributed by atoms with van der Waals surface area (Å²) in [4.78, 5) is 6.58. The number of benzene rings is 1. The molecule has 1 aromatic heterocycles. The molecule has 1 fully saturated rings. The van der Waals surface area contributed by atoms with Gasteiger partial charge in [0, 0.05) is 46.4 Å². The minimum absolute atomic E-state index is 0.173. The van der Waals surface area contributed by atoms with Crippen LogP contribution in [0.25, 0.3) is 0 Å². The summed E-state index contributed by atoms with van der Waals surface area (Å²) in [7, 11) is -1.90. The predicted molar refractivity (Wildman–Crippen MR) is 146 cm³/mol. The van der Waals surface area contributed by atoms with Crippen molar-refractivity contribution in [2.24, 2.45) is 0 Å². The van der Waals surface area contributed by atoms with Gasteiger partial charge >= 0.3 is 0 Å². The molecule has 1 aromatic carbocycles. The van der Waals surface area contributed by atoms with Gasteiger partial charge < -0.3 is 4.43 Å². The molecule has 0 aliphatic carbocycles. The van der Waals surface area contributed by atoms with Crippen LogP contribution in [0.5, 0.6) is 5.75 Å². The van der Waals surface area contributed by atoms with Gasteiger partial charge in [-0.2, -0.15) is 0 Å². The first-order valence-corrected chi connectivity index (χ1v) is 16.1. The quantitative estimate of drug-likeness (QED) is 0.269. The highest BCUT2D eigenvalue weighted by Gasteiger charge is 2.39. The van der Waals surface area contributed by atoms with Crippen molar-refractivity contribution in [1.82, 2.24) is 9.80 Å². The SMILES string of the molecule is C=CCN1C[C@@H](C)N([C@H](c2cccc(O[Si](C)(C)C(C)(C)C)c2)c2cc(Br)cs2)C[C@@H]1C. The molecule has 0 N–H and O–H groups in total. The average Bonchev–Trinajstić information content (AvgIpc) is 3.11. The maximum absolute atomic E-state index is 6.68. The summed E-state index contributed by atoms with van der Waals surface area (Å²) in [5.41, 5.74) is 1.31. The van der Waals surface area contributed by atoms with Crippen molar-refractivity contribution in [3.8, 4) is 5.75 Å². The van der Waals surface area contributed by atoms with Crippen LogP contribution in [0.1, 0.15) is 51.1 Å². The highest BCUT2D eigenvalue weighted by Crippen LogP contribution is 2.41. The summed E-state index contributed by atoms with van der Waals surface area (Å²) in [6.45, 7) is 23.2. The van der Waals surface area contributed by atoms with Crippen LogP contribution in [-0.4, -0.2) is 49.8 Å². The summed E-state index contributed by atoms with van der Waals surface area (Å²) >= 11 is 5.52. The van der Waals surface area contributed by atoms with Crippen LogP contribution < -0.4 is 4.43 Å². The molecule has 0 saturated carbocycles. The van der Waals surface area contributed by atoms with Crippen LogP contribution in [-0.2, 0) is 0 Å². The van der Waals surface area contributed by atoms with E-state index >= 15 is 0 Å². The van der Waals surface area contributed by atoms with Crippen molar-refractivity contribution >= 4 is 35.6 Å². The first-order chi connectivity index (χ1) is 14.9. The van der Waals surface area contributed by atoms with Gasteiger partial charge in [0.05, 0.1) is 6.04 Å². The second kappa shape index (κ2) is 10.1. The molecule has 0 spiro atoms. The lowest BCUT2D eigenvalue weighted by molar-refractivity contribution is 0.0315. The fraction of sp³-hybridized carbons (Fsp3) is 0.538. The standard InChI is InChI=1S/C26H39BrN2OSSi/c1-9-13-28-16-20(3)29(17-19(28)2)25(24-15-22(27)18-31-24)21-11-10-12-23(14-21)30-32(7,8)26(4,5)6/h9-12,14-15,18-20,25H,1,13,16-17H2,2-8H3/t19-,20+,25+/m0/s1. The maximum atomic E-state index is 6.68. The van der Waals surface area contributed by atoms with E-state index in [4.69, 9.17) is 4.43 Å². The van der Waals surface area contributed by atoms with Gasteiger partial charge in [-0.3, -0.25) is 9.80 Å². The second-order valence-electron chi connectivity index (χ2n) is 10.6. The van der Waals surface area contributed by atoms with E-state index in [1.807, 2.05) is 17.4 Å². The molecule has 6 heteroatoms. The number of thiophene rings is 1. The first-order valence-electron chi connectivity index (χ1n) is 11.6. The van der Waals surface area contributed by atoms with Gasteiger partial charge in [0.2, 0.25) is 8.32 Å². The first kappa shape index (κ1) is 25.7. The van der Waals surface area contributed by atoms with E-state index in [0.717, 1.165) is 29.9 Å². The molecule has 176 valence electrons. The predicted octanol–water partition coefficient (Wildman–Crippen LogP) is 7.56. The number of rotatable bonds is 7. The number of piperazine rings is 1. The Kier molecular flexibility index (Phi) is 8.14. The smallest absolute Gasteiger partial charge is 0.250 e. The molecular weight excluding hydrogens is 496 g/mol. The fourth-order valence-electron chi connectivity index (χ4n) is 4.19. The van der Waals surface area contributed by atoms with Crippen molar-refractivity contribution in [1.29, 1.82) is 0 Å². The molecule has 1 saturated heterocycles. The summed E-state index contributed by atoms with van der Waals surface area (Å²) in [6, 6.07) is 12.3. The van der Waals surface area contributed by atoms with Crippen LogP contribution in [0.3, 0.4) is 0 Å². The zero-order chi connectivity index (χ0) is 23.7. The van der Waals surface area contributed by atoms with Crippen molar-refractivity contribution in [3.05, 3.63) is 63.3 Å². The van der Waals surface area contributed by atoms with E-state index in [-0.39, 0.29) is 11.1 Å². The van der Waals surface area contributed by atoms with Crippen LogP contribution in [0.15, 0.2) is 52.8 Å². The second-order valence-corrected chi connectivity index (χ2v) is 17.2. The zero-order valence-electron chi connectivity index (χ0n) is 20.7. The van der Waals surface area contributed by atoms with Gasteiger partial charge in [0.15, 0.2) is 0 Å². The third-order valence-electron chi connectivity index (χ3n) is 7.07. The van der Waals surface area contributed by atoms with Gasteiger partial charge in [-0.05, 0) is 71.7 Å². The lowest BCUT2D eigenvalue weighted by Crippen LogP contribution is -2.57. The minimum Gasteiger partial charge on any atom is -0.543 e. The fourth-order valence-corrected chi connectivity index (χ4v) is 6.80. The number of nitrogens with zero attached hydrogens (tertiary/aromatic N) is 2.